The fourth-order valence-electron chi connectivity index (χ4n) is 4.59. The van der Waals surface area contributed by atoms with Crippen molar-refractivity contribution in [2.75, 3.05) is 18.5 Å². The maximum Gasteiger partial charge on any atom is 0.337 e. The van der Waals surface area contributed by atoms with Gasteiger partial charge in [0, 0.05) is 31.1 Å². The zero-order chi connectivity index (χ0) is 22.7. The molecular formula is C25H29ClN2O3. The molecule has 3 aromatic rings. The van der Waals surface area contributed by atoms with E-state index in [1.54, 1.807) is 0 Å². The number of hydrogen-bond donors (Lipinski definition) is 1. The molecule has 164 valence electrons. The van der Waals surface area contributed by atoms with Crippen LogP contribution in [0.1, 0.15) is 43.6 Å². The number of benzene rings is 2. The molecule has 0 unspecified atom stereocenters. The molecule has 1 aliphatic heterocycles. The van der Waals surface area contributed by atoms with E-state index in [0.29, 0.717) is 10.7 Å². The second kappa shape index (κ2) is 7.57. The first-order valence-electron chi connectivity index (χ1n) is 10.5. The van der Waals surface area contributed by atoms with Crippen LogP contribution in [0.3, 0.4) is 0 Å². The van der Waals surface area contributed by atoms with Gasteiger partial charge < -0.3 is 19.3 Å². The molecule has 6 heteroatoms. The van der Waals surface area contributed by atoms with Crippen molar-refractivity contribution in [2.45, 2.75) is 52.9 Å². The van der Waals surface area contributed by atoms with Crippen LogP contribution in [0.15, 0.2) is 30.3 Å². The van der Waals surface area contributed by atoms with Gasteiger partial charge in [0.2, 0.25) is 0 Å². The zero-order valence-electron chi connectivity index (χ0n) is 18.9. The Morgan fingerprint density at radius 3 is 2.39 bits per heavy atom. The number of aryl methyl sites for hydroxylation is 1. The maximum absolute atomic E-state index is 12.5. The van der Waals surface area contributed by atoms with Gasteiger partial charge in [0.15, 0.2) is 6.10 Å². The molecule has 1 N–H and O–H groups in total. The highest BCUT2D eigenvalue weighted by Gasteiger charge is 2.35. The molecule has 0 aliphatic carbocycles. The number of anilines is 1. The van der Waals surface area contributed by atoms with Gasteiger partial charge >= 0.3 is 5.97 Å². The van der Waals surface area contributed by atoms with E-state index in [0.717, 1.165) is 51.9 Å². The van der Waals surface area contributed by atoms with Gasteiger partial charge in [-0.25, -0.2) is 4.79 Å². The van der Waals surface area contributed by atoms with Crippen molar-refractivity contribution in [1.29, 1.82) is 0 Å². The number of aromatic nitrogens is 1. The monoisotopic (exact) mass is 440 g/mol. The number of carboxylic acids is 1. The first-order valence-corrected chi connectivity index (χ1v) is 10.9. The van der Waals surface area contributed by atoms with Gasteiger partial charge in [-0.2, -0.15) is 0 Å². The minimum absolute atomic E-state index is 0.623. The third-order valence-corrected chi connectivity index (χ3v) is 6.22. The highest BCUT2D eigenvalue weighted by Crippen LogP contribution is 2.48. The van der Waals surface area contributed by atoms with Crippen molar-refractivity contribution in [3.05, 3.63) is 52.2 Å². The maximum atomic E-state index is 12.5. The fourth-order valence-corrected chi connectivity index (χ4v) is 4.87. The Morgan fingerprint density at radius 2 is 1.81 bits per heavy atom. The highest BCUT2D eigenvalue weighted by molar-refractivity contribution is 6.31. The van der Waals surface area contributed by atoms with Crippen molar-refractivity contribution in [3.8, 4) is 11.1 Å². The van der Waals surface area contributed by atoms with Gasteiger partial charge in [0.25, 0.3) is 0 Å². The second-order valence-corrected chi connectivity index (χ2v) is 9.77. The molecule has 0 saturated heterocycles. The molecule has 2 aromatic carbocycles. The predicted molar refractivity (Wildman–Crippen MR) is 126 cm³/mol. The molecule has 1 aromatic heterocycles. The number of nitrogens with zero attached hydrogens (tertiary/aromatic N) is 2. The number of halogens is 1. The van der Waals surface area contributed by atoms with Crippen molar-refractivity contribution in [2.24, 2.45) is 0 Å². The van der Waals surface area contributed by atoms with Crippen molar-refractivity contribution in [3.63, 3.8) is 0 Å². The highest BCUT2D eigenvalue weighted by atomic mass is 35.5. The van der Waals surface area contributed by atoms with E-state index in [1.807, 2.05) is 72.0 Å². The summed E-state index contributed by atoms with van der Waals surface area (Å²) in [4.78, 5) is 14.7. The number of likely N-dealkylation sites (N-methyl/N-ethyl adjacent to an activating group) is 1. The minimum Gasteiger partial charge on any atom is -0.479 e. The van der Waals surface area contributed by atoms with Crippen LogP contribution in [0.25, 0.3) is 22.0 Å². The van der Waals surface area contributed by atoms with Crippen LogP contribution in [-0.4, -0.2) is 34.8 Å². The zero-order valence-corrected chi connectivity index (χ0v) is 19.7. The molecule has 0 fully saturated rings. The molecule has 0 spiro atoms. The summed E-state index contributed by atoms with van der Waals surface area (Å²) in [5, 5.41) is 11.9. The van der Waals surface area contributed by atoms with E-state index in [-0.39, 0.29) is 0 Å². The number of carboxylic acid groups (broad SMARTS) is 1. The van der Waals surface area contributed by atoms with Crippen LogP contribution in [0.4, 0.5) is 5.69 Å². The van der Waals surface area contributed by atoms with Crippen molar-refractivity contribution in [1.82, 2.24) is 4.57 Å². The van der Waals surface area contributed by atoms with Gasteiger partial charge in [-0.1, -0.05) is 41.4 Å². The molecule has 0 amide bonds. The summed E-state index contributed by atoms with van der Waals surface area (Å²) in [7, 11) is 2.04. The average Bonchev–Trinajstić information content (AvgIpc) is 3.00. The molecular weight excluding hydrogens is 412 g/mol. The lowest BCUT2D eigenvalue weighted by molar-refractivity contribution is -0.160. The van der Waals surface area contributed by atoms with Gasteiger partial charge in [0.05, 0.1) is 16.8 Å². The van der Waals surface area contributed by atoms with Gasteiger partial charge in [-0.3, -0.25) is 0 Å². The first kappa shape index (κ1) is 21.7. The third kappa shape index (κ3) is 3.70. The van der Waals surface area contributed by atoms with E-state index in [4.69, 9.17) is 16.3 Å². The number of ether oxygens (including phenoxy) is 1. The Kier molecular flexibility index (Phi) is 5.31. The third-order valence-electron chi connectivity index (χ3n) is 5.91. The molecule has 4 rings (SSSR count). The second-order valence-electron chi connectivity index (χ2n) is 9.38. The van der Waals surface area contributed by atoms with Crippen molar-refractivity contribution < 1.29 is 14.6 Å². The van der Waals surface area contributed by atoms with Crippen molar-refractivity contribution >= 4 is 34.2 Å². The lowest BCUT2D eigenvalue weighted by Gasteiger charge is -2.34. The summed E-state index contributed by atoms with van der Waals surface area (Å²) >= 11 is 6.66. The summed E-state index contributed by atoms with van der Waals surface area (Å²) in [6.45, 7) is 11.3. The van der Waals surface area contributed by atoms with E-state index < -0.39 is 17.7 Å². The molecule has 0 bridgehead atoms. The van der Waals surface area contributed by atoms with E-state index in [2.05, 4.69) is 9.47 Å². The minimum atomic E-state index is -1.10. The Bertz CT molecular complexity index is 1170. The summed E-state index contributed by atoms with van der Waals surface area (Å²) in [6.07, 6.45) is -1.10. The molecule has 0 saturated carbocycles. The molecule has 5 nitrogen and oxygen atoms in total. The van der Waals surface area contributed by atoms with Crippen LogP contribution in [-0.2, 0) is 16.1 Å². The molecule has 2 heterocycles. The van der Waals surface area contributed by atoms with Gasteiger partial charge in [0.1, 0.15) is 5.15 Å². The molecule has 1 aliphatic rings. The molecule has 0 radical (unpaired) electrons. The molecule has 1 atom stereocenters. The van der Waals surface area contributed by atoms with E-state index in [9.17, 15) is 9.90 Å². The van der Waals surface area contributed by atoms with E-state index in [1.165, 1.54) is 0 Å². The Balaban J connectivity index is 2.16. The van der Waals surface area contributed by atoms with Crippen LogP contribution in [0.5, 0.6) is 0 Å². The topological polar surface area (TPSA) is 54.7 Å². The lowest BCUT2D eigenvalue weighted by atomic mass is 9.87. The normalized spacial score (nSPS) is 14.9. The quantitative estimate of drug-likeness (QED) is 0.543. The number of aliphatic carboxylic acids is 1. The summed E-state index contributed by atoms with van der Waals surface area (Å²) in [5.41, 5.74) is 6.03. The lowest BCUT2D eigenvalue weighted by Crippen LogP contribution is -2.31. The number of rotatable bonds is 4. The summed E-state index contributed by atoms with van der Waals surface area (Å²) < 4.78 is 8.26. The largest absolute Gasteiger partial charge is 0.479 e. The van der Waals surface area contributed by atoms with Gasteiger partial charge in [-0.15, -0.1) is 0 Å². The number of carbonyl (C=O) groups is 1. The van der Waals surface area contributed by atoms with Gasteiger partial charge in [-0.05, 0) is 57.4 Å². The predicted octanol–water partition coefficient (Wildman–Crippen LogP) is 5.97. The van der Waals surface area contributed by atoms with Crippen LogP contribution in [0.2, 0.25) is 5.15 Å². The average molecular weight is 441 g/mol. The van der Waals surface area contributed by atoms with Crippen LogP contribution >= 0.6 is 11.6 Å². The molecule has 31 heavy (non-hydrogen) atoms. The van der Waals surface area contributed by atoms with Crippen LogP contribution < -0.4 is 4.90 Å². The van der Waals surface area contributed by atoms with E-state index >= 15 is 0 Å². The van der Waals surface area contributed by atoms with Crippen LogP contribution in [0, 0.1) is 13.8 Å². The Labute approximate surface area is 188 Å². The number of hydrogen-bond acceptors (Lipinski definition) is 3. The smallest absolute Gasteiger partial charge is 0.337 e. The SMILES string of the molecule is Cc1ccc(-c2c([C@H](OC(C)(C)C)C(=O)O)c(C)c3c4c2cc(Cl)n4CCN3C)cc1. The fraction of sp³-hybridized carbons (Fsp3) is 0.400. The first-order chi connectivity index (χ1) is 14.5. The standard InChI is InChI=1S/C25H29ClN2O3/c1-14-7-9-16(10-8-14)20-17-13-18(26)28-12-11-27(6)21(22(17)28)15(2)19(20)23(24(29)30)31-25(3,4)5/h7-10,13,23H,11-12H2,1-6H3,(H,29,30)/t23-/m0/s1. The summed E-state index contributed by atoms with van der Waals surface area (Å²) in [5.74, 6) is -0.998. The summed E-state index contributed by atoms with van der Waals surface area (Å²) in [6, 6.07) is 10.1. The Morgan fingerprint density at radius 1 is 1.16 bits per heavy atom. The Hall–Kier alpha value is -2.50.